The zero-order chi connectivity index (χ0) is 22.2. The van der Waals surface area contributed by atoms with Crippen LogP contribution in [0.3, 0.4) is 0 Å². The van der Waals surface area contributed by atoms with E-state index in [0.717, 1.165) is 4.90 Å². The first-order valence-corrected chi connectivity index (χ1v) is 9.38. The zero-order valence-electron chi connectivity index (χ0n) is 16.8. The van der Waals surface area contributed by atoms with Gasteiger partial charge in [0.05, 0.1) is 12.7 Å². The van der Waals surface area contributed by atoms with Crippen LogP contribution in [0.4, 0.5) is 10.5 Å². The Hall–Kier alpha value is -4.08. The molecule has 1 saturated heterocycles. The van der Waals surface area contributed by atoms with Crippen molar-refractivity contribution >= 4 is 29.5 Å². The first kappa shape index (κ1) is 21.6. The molecular formula is C21H21N3O7. The minimum Gasteiger partial charge on any atom is -0.497 e. The van der Waals surface area contributed by atoms with Gasteiger partial charge in [-0.05, 0) is 36.4 Å². The van der Waals surface area contributed by atoms with Crippen molar-refractivity contribution in [1.29, 1.82) is 0 Å². The number of benzene rings is 2. The summed E-state index contributed by atoms with van der Waals surface area (Å²) in [5.74, 6) is -0.671. The van der Waals surface area contributed by atoms with E-state index < -0.39 is 24.5 Å². The number of carbonyl (C=O) groups is 4. The van der Waals surface area contributed by atoms with E-state index in [0.29, 0.717) is 23.7 Å². The van der Waals surface area contributed by atoms with E-state index in [-0.39, 0.29) is 24.6 Å². The van der Waals surface area contributed by atoms with Crippen molar-refractivity contribution in [1.82, 2.24) is 10.2 Å². The highest BCUT2D eigenvalue weighted by Gasteiger charge is 2.26. The Kier molecular flexibility index (Phi) is 7.05. The second-order valence-electron chi connectivity index (χ2n) is 6.45. The van der Waals surface area contributed by atoms with Gasteiger partial charge in [-0.25, -0.2) is 9.59 Å². The number of anilines is 1. The van der Waals surface area contributed by atoms with Crippen molar-refractivity contribution in [3.05, 3.63) is 54.1 Å². The maximum atomic E-state index is 12.1. The highest BCUT2D eigenvalue weighted by atomic mass is 16.5. The van der Waals surface area contributed by atoms with E-state index in [1.807, 2.05) is 0 Å². The lowest BCUT2D eigenvalue weighted by Crippen LogP contribution is -2.37. The molecule has 0 atom stereocenters. The second kappa shape index (κ2) is 10.1. The number of nitrogens with one attached hydrogen (secondary N) is 2. The molecule has 2 aromatic carbocycles. The summed E-state index contributed by atoms with van der Waals surface area (Å²) in [7, 11) is 1.54. The van der Waals surface area contributed by atoms with Gasteiger partial charge in [0.1, 0.15) is 11.5 Å². The number of hydrogen-bond acceptors (Lipinski definition) is 7. The van der Waals surface area contributed by atoms with E-state index >= 15 is 0 Å². The molecular weight excluding hydrogens is 406 g/mol. The molecule has 0 aliphatic carbocycles. The maximum Gasteiger partial charge on any atom is 0.338 e. The standard InChI is InChI=1S/C21H21N3O7/c1-29-17-4-2-3-15(11-17)23-18(25)12-30-16-7-5-14(6-8-16)20(27)31-13-19(26)24-10-9-22-21(24)28/h2-8,11H,9-10,12-13H2,1H3,(H,22,28)(H,23,25). The summed E-state index contributed by atoms with van der Waals surface area (Å²) in [5, 5.41) is 5.18. The Balaban J connectivity index is 1.44. The van der Waals surface area contributed by atoms with Crippen molar-refractivity contribution in [3.8, 4) is 11.5 Å². The van der Waals surface area contributed by atoms with Crippen LogP contribution in [0.25, 0.3) is 0 Å². The quantitative estimate of drug-likeness (QED) is 0.611. The van der Waals surface area contributed by atoms with Gasteiger partial charge < -0.3 is 24.8 Å². The van der Waals surface area contributed by atoms with E-state index in [4.69, 9.17) is 14.2 Å². The molecule has 0 radical (unpaired) electrons. The minimum atomic E-state index is -0.713. The van der Waals surface area contributed by atoms with Crippen LogP contribution in [0.1, 0.15) is 10.4 Å². The molecule has 1 heterocycles. The number of esters is 1. The van der Waals surface area contributed by atoms with Crippen LogP contribution >= 0.6 is 0 Å². The zero-order valence-corrected chi connectivity index (χ0v) is 16.8. The molecule has 0 bridgehead atoms. The van der Waals surface area contributed by atoms with Crippen molar-refractivity contribution in [3.63, 3.8) is 0 Å². The van der Waals surface area contributed by atoms with Crippen LogP contribution in [0.15, 0.2) is 48.5 Å². The third-order valence-electron chi connectivity index (χ3n) is 4.30. The third-order valence-corrected chi connectivity index (χ3v) is 4.30. The van der Waals surface area contributed by atoms with Crippen LogP contribution < -0.4 is 20.1 Å². The Morgan fingerprint density at radius 1 is 1.06 bits per heavy atom. The van der Waals surface area contributed by atoms with E-state index in [1.54, 1.807) is 24.3 Å². The van der Waals surface area contributed by atoms with Gasteiger partial charge in [-0.15, -0.1) is 0 Å². The van der Waals surface area contributed by atoms with Gasteiger partial charge in [-0.2, -0.15) is 0 Å². The Morgan fingerprint density at radius 2 is 1.84 bits per heavy atom. The Bertz CT molecular complexity index is 975. The van der Waals surface area contributed by atoms with Crippen LogP contribution in [-0.2, 0) is 14.3 Å². The molecule has 4 amide bonds. The number of rotatable bonds is 8. The Morgan fingerprint density at radius 3 is 2.52 bits per heavy atom. The number of hydrogen-bond donors (Lipinski definition) is 2. The number of methoxy groups -OCH3 is 1. The average molecular weight is 427 g/mol. The van der Waals surface area contributed by atoms with Gasteiger partial charge in [0.25, 0.3) is 11.8 Å². The fourth-order valence-electron chi connectivity index (χ4n) is 2.73. The smallest absolute Gasteiger partial charge is 0.338 e. The number of ether oxygens (including phenoxy) is 3. The molecule has 2 N–H and O–H groups in total. The minimum absolute atomic E-state index is 0.201. The highest BCUT2D eigenvalue weighted by molar-refractivity contribution is 5.98. The van der Waals surface area contributed by atoms with E-state index in [9.17, 15) is 19.2 Å². The van der Waals surface area contributed by atoms with E-state index in [2.05, 4.69) is 10.6 Å². The largest absolute Gasteiger partial charge is 0.497 e. The molecule has 0 saturated carbocycles. The molecule has 0 unspecified atom stereocenters. The molecule has 3 rings (SSSR count). The van der Waals surface area contributed by atoms with Gasteiger partial charge in [0, 0.05) is 24.8 Å². The topological polar surface area (TPSA) is 123 Å². The Labute approximate surface area is 178 Å². The molecule has 162 valence electrons. The number of carbonyl (C=O) groups excluding carboxylic acids is 4. The summed E-state index contributed by atoms with van der Waals surface area (Å²) >= 11 is 0. The number of nitrogens with zero attached hydrogens (tertiary/aromatic N) is 1. The van der Waals surface area contributed by atoms with Crippen LogP contribution in [0.2, 0.25) is 0 Å². The molecule has 1 fully saturated rings. The molecule has 10 heteroatoms. The monoisotopic (exact) mass is 427 g/mol. The fraction of sp³-hybridized carbons (Fsp3) is 0.238. The lowest BCUT2D eigenvalue weighted by molar-refractivity contribution is -0.130. The van der Waals surface area contributed by atoms with Crippen LogP contribution in [0.5, 0.6) is 11.5 Å². The summed E-state index contributed by atoms with van der Waals surface area (Å²) < 4.78 is 15.5. The molecule has 0 spiro atoms. The first-order valence-electron chi connectivity index (χ1n) is 9.38. The molecule has 31 heavy (non-hydrogen) atoms. The maximum absolute atomic E-state index is 12.1. The molecule has 1 aliphatic heterocycles. The highest BCUT2D eigenvalue weighted by Crippen LogP contribution is 2.17. The van der Waals surface area contributed by atoms with Crippen LogP contribution in [0, 0.1) is 0 Å². The van der Waals surface area contributed by atoms with E-state index in [1.165, 1.54) is 31.4 Å². The first-order chi connectivity index (χ1) is 15.0. The van der Waals surface area contributed by atoms with Crippen molar-refractivity contribution in [2.75, 3.05) is 38.7 Å². The number of urea groups is 1. The van der Waals surface area contributed by atoms with Crippen molar-refractivity contribution in [2.24, 2.45) is 0 Å². The van der Waals surface area contributed by atoms with Crippen molar-refractivity contribution < 1.29 is 33.4 Å². The van der Waals surface area contributed by atoms with Gasteiger partial charge in [0.2, 0.25) is 0 Å². The number of imide groups is 1. The second-order valence-corrected chi connectivity index (χ2v) is 6.45. The van der Waals surface area contributed by atoms with Gasteiger partial charge >= 0.3 is 12.0 Å². The van der Waals surface area contributed by atoms with Gasteiger partial charge in [-0.1, -0.05) is 6.07 Å². The summed E-state index contributed by atoms with van der Waals surface area (Å²) in [4.78, 5) is 48.4. The summed E-state index contributed by atoms with van der Waals surface area (Å²) in [5.41, 5.74) is 0.777. The average Bonchev–Trinajstić information content (AvgIpc) is 3.22. The van der Waals surface area contributed by atoms with Gasteiger partial charge in [-0.3, -0.25) is 14.5 Å². The molecule has 0 aromatic heterocycles. The predicted octanol–water partition coefficient (Wildman–Crippen LogP) is 1.42. The summed E-state index contributed by atoms with van der Waals surface area (Å²) in [6.07, 6.45) is 0. The predicted molar refractivity (Wildman–Crippen MR) is 109 cm³/mol. The van der Waals surface area contributed by atoms with Crippen molar-refractivity contribution in [2.45, 2.75) is 0 Å². The molecule has 1 aliphatic rings. The summed E-state index contributed by atoms with van der Waals surface area (Å²) in [6, 6.07) is 12.3. The lowest BCUT2D eigenvalue weighted by Gasteiger charge is -2.12. The normalized spacial score (nSPS) is 12.7. The number of amides is 4. The van der Waals surface area contributed by atoms with Crippen LogP contribution in [-0.4, -0.2) is 62.1 Å². The lowest BCUT2D eigenvalue weighted by atomic mass is 10.2. The molecule has 2 aromatic rings. The molecule has 10 nitrogen and oxygen atoms in total. The fourth-order valence-corrected chi connectivity index (χ4v) is 2.73. The SMILES string of the molecule is COc1cccc(NC(=O)COc2ccc(C(=O)OCC(=O)N3CCNC3=O)cc2)c1. The van der Waals surface area contributed by atoms with Gasteiger partial charge in [0.15, 0.2) is 13.2 Å². The summed E-state index contributed by atoms with van der Waals surface area (Å²) in [6.45, 7) is -0.146. The third kappa shape index (κ3) is 5.95.